The summed E-state index contributed by atoms with van der Waals surface area (Å²) >= 11 is 5.85. The zero-order chi connectivity index (χ0) is 13.9. The maximum atomic E-state index is 12.0. The van der Waals surface area contributed by atoms with Gasteiger partial charge in [-0.1, -0.05) is 30.2 Å². The van der Waals surface area contributed by atoms with Crippen LogP contribution in [-0.4, -0.2) is 12.5 Å². The van der Waals surface area contributed by atoms with Crippen molar-refractivity contribution in [2.24, 2.45) is 17.8 Å². The molecule has 2 aliphatic carbocycles. The number of hydrogen-bond acceptors (Lipinski definition) is 1. The van der Waals surface area contributed by atoms with Gasteiger partial charge in [0.2, 0.25) is 5.91 Å². The van der Waals surface area contributed by atoms with Crippen LogP contribution in [0, 0.1) is 17.8 Å². The Bertz CT molecular complexity index is 470. The summed E-state index contributed by atoms with van der Waals surface area (Å²) < 4.78 is 0. The van der Waals surface area contributed by atoms with E-state index in [1.807, 2.05) is 24.3 Å². The third-order valence-electron chi connectivity index (χ3n) is 4.98. The van der Waals surface area contributed by atoms with Crippen LogP contribution in [0.3, 0.4) is 0 Å². The van der Waals surface area contributed by atoms with Gasteiger partial charge >= 0.3 is 0 Å². The molecule has 1 N–H and O–H groups in total. The molecule has 1 amide bonds. The number of carbonyl (C=O) groups is 1. The predicted octanol–water partition coefficient (Wildman–Crippen LogP) is 3.83. The third kappa shape index (κ3) is 3.35. The van der Waals surface area contributed by atoms with Gasteiger partial charge in [-0.15, -0.1) is 0 Å². The average Bonchev–Trinajstić information content (AvgIpc) is 3.03. The normalized spacial score (nSPS) is 27.8. The fraction of sp³-hybridized carbons (Fsp3) is 0.588. The van der Waals surface area contributed by atoms with Crippen molar-refractivity contribution in [1.29, 1.82) is 0 Å². The molecule has 0 saturated heterocycles. The maximum absolute atomic E-state index is 12.0. The van der Waals surface area contributed by atoms with E-state index in [0.717, 1.165) is 36.2 Å². The molecule has 1 aromatic rings. The summed E-state index contributed by atoms with van der Waals surface area (Å²) in [7, 11) is 0. The second-order valence-corrected chi connectivity index (χ2v) is 6.80. The third-order valence-corrected chi connectivity index (χ3v) is 5.23. The fourth-order valence-corrected chi connectivity index (χ4v) is 4.06. The predicted molar refractivity (Wildman–Crippen MR) is 81.7 cm³/mol. The van der Waals surface area contributed by atoms with Crippen molar-refractivity contribution in [2.75, 3.05) is 6.54 Å². The molecule has 0 heterocycles. The quantitative estimate of drug-likeness (QED) is 0.878. The van der Waals surface area contributed by atoms with Gasteiger partial charge in [-0.25, -0.2) is 0 Å². The first-order valence-corrected chi connectivity index (χ1v) is 8.09. The molecule has 3 atom stereocenters. The van der Waals surface area contributed by atoms with Crippen molar-refractivity contribution < 1.29 is 4.79 Å². The van der Waals surface area contributed by atoms with Crippen LogP contribution in [0.1, 0.15) is 37.7 Å². The standard InChI is InChI=1S/C17H22ClNO/c18-16-5-2-12(3-6-16)7-8-19-17(20)11-15-10-13-1-4-14(15)9-13/h2-3,5-6,13-15H,1,4,7-11H2,(H,19,20)/t13-,14+,15-/m0/s1. The molecule has 0 aromatic heterocycles. The minimum atomic E-state index is 0.233. The van der Waals surface area contributed by atoms with Crippen molar-refractivity contribution >= 4 is 17.5 Å². The van der Waals surface area contributed by atoms with Gasteiger partial charge in [-0.05, 0) is 61.1 Å². The van der Waals surface area contributed by atoms with E-state index >= 15 is 0 Å². The number of carbonyl (C=O) groups excluding carboxylic acids is 1. The zero-order valence-corrected chi connectivity index (χ0v) is 12.5. The lowest BCUT2D eigenvalue weighted by Gasteiger charge is -2.20. The Kier molecular flexibility index (Phi) is 4.30. The van der Waals surface area contributed by atoms with Gasteiger partial charge < -0.3 is 5.32 Å². The van der Waals surface area contributed by atoms with Gasteiger partial charge in [0.15, 0.2) is 0 Å². The number of amides is 1. The Hall–Kier alpha value is -1.02. The molecule has 0 unspecified atom stereocenters. The minimum Gasteiger partial charge on any atom is -0.356 e. The van der Waals surface area contributed by atoms with Crippen LogP contribution in [0.25, 0.3) is 0 Å². The topological polar surface area (TPSA) is 29.1 Å². The van der Waals surface area contributed by atoms with Gasteiger partial charge in [-0.2, -0.15) is 0 Å². The molecule has 2 fully saturated rings. The van der Waals surface area contributed by atoms with Crippen molar-refractivity contribution in [3.63, 3.8) is 0 Å². The van der Waals surface area contributed by atoms with Crippen molar-refractivity contribution in [2.45, 2.75) is 38.5 Å². The second-order valence-electron chi connectivity index (χ2n) is 6.37. The van der Waals surface area contributed by atoms with E-state index in [1.54, 1.807) is 0 Å². The summed E-state index contributed by atoms with van der Waals surface area (Å²) in [4.78, 5) is 12.0. The number of nitrogens with one attached hydrogen (secondary N) is 1. The number of halogens is 1. The molecule has 3 rings (SSSR count). The summed E-state index contributed by atoms with van der Waals surface area (Å²) in [6, 6.07) is 7.83. The molecule has 108 valence electrons. The summed E-state index contributed by atoms with van der Waals surface area (Å²) in [5, 5.41) is 3.82. The van der Waals surface area contributed by atoms with Crippen LogP contribution < -0.4 is 5.32 Å². The van der Waals surface area contributed by atoms with Gasteiger partial charge in [-0.3, -0.25) is 4.79 Å². The lowest BCUT2D eigenvalue weighted by atomic mass is 9.86. The lowest BCUT2D eigenvalue weighted by Crippen LogP contribution is -2.28. The average molecular weight is 292 g/mol. The highest BCUT2D eigenvalue weighted by molar-refractivity contribution is 6.30. The first-order valence-electron chi connectivity index (χ1n) is 7.72. The Morgan fingerprint density at radius 3 is 2.65 bits per heavy atom. The van der Waals surface area contributed by atoms with Crippen molar-refractivity contribution in [3.05, 3.63) is 34.9 Å². The Balaban J connectivity index is 1.38. The van der Waals surface area contributed by atoms with Gasteiger partial charge in [0.25, 0.3) is 0 Å². The van der Waals surface area contributed by atoms with Gasteiger partial charge in [0, 0.05) is 18.0 Å². The number of hydrogen-bond donors (Lipinski definition) is 1. The van der Waals surface area contributed by atoms with Crippen molar-refractivity contribution in [3.8, 4) is 0 Å². The molecule has 0 aliphatic heterocycles. The Morgan fingerprint density at radius 2 is 2.00 bits per heavy atom. The van der Waals surface area contributed by atoms with Gasteiger partial charge in [0.1, 0.15) is 0 Å². The molecule has 0 spiro atoms. The van der Waals surface area contributed by atoms with Gasteiger partial charge in [0.05, 0.1) is 0 Å². The molecular weight excluding hydrogens is 270 g/mol. The SMILES string of the molecule is O=C(C[C@@H]1C[C@H]2CC[C@@H]1C2)NCCc1ccc(Cl)cc1. The molecule has 2 nitrogen and oxygen atoms in total. The molecule has 2 aliphatic rings. The summed E-state index contributed by atoms with van der Waals surface area (Å²) in [5.41, 5.74) is 1.22. The molecule has 1 aromatic carbocycles. The number of benzene rings is 1. The number of rotatable bonds is 5. The van der Waals surface area contributed by atoms with Crippen LogP contribution in [0.15, 0.2) is 24.3 Å². The lowest BCUT2D eigenvalue weighted by molar-refractivity contribution is -0.122. The van der Waals surface area contributed by atoms with Crippen LogP contribution in [0.2, 0.25) is 5.02 Å². The van der Waals surface area contributed by atoms with E-state index in [9.17, 15) is 4.79 Å². The zero-order valence-electron chi connectivity index (χ0n) is 11.8. The Labute approximate surface area is 125 Å². The second kappa shape index (κ2) is 6.17. The monoisotopic (exact) mass is 291 g/mol. The van der Waals surface area contributed by atoms with E-state index in [0.29, 0.717) is 5.92 Å². The number of fused-ring (bicyclic) bond motifs is 2. The van der Waals surface area contributed by atoms with E-state index in [2.05, 4.69) is 5.32 Å². The maximum Gasteiger partial charge on any atom is 0.220 e. The van der Waals surface area contributed by atoms with E-state index in [4.69, 9.17) is 11.6 Å². The first-order chi connectivity index (χ1) is 9.70. The van der Waals surface area contributed by atoms with E-state index in [1.165, 1.54) is 31.2 Å². The van der Waals surface area contributed by atoms with Crippen LogP contribution in [0.4, 0.5) is 0 Å². The van der Waals surface area contributed by atoms with Crippen LogP contribution in [0.5, 0.6) is 0 Å². The van der Waals surface area contributed by atoms with Crippen molar-refractivity contribution in [1.82, 2.24) is 5.32 Å². The minimum absolute atomic E-state index is 0.233. The van der Waals surface area contributed by atoms with E-state index in [-0.39, 0.29) is 5.91 Å². The van der Waals surface area contributed by atoms with E-state index < -0.39 is 0 Å². The molecular formula is C17H22ClNO. The Morgan fingerprint density at radius 1 is 1.20 bits per heavy atom. The molecule has 3 heteroatoms. The van der Waals surface area contributed by atoms with Crippen LogP contribution >= 0.6 is 11.6 Å². The molecule has 0 radical (unpaired) electrons. The largest absolute Gasteiger partial charge is 0.356 e. The summed E-state index contributed by atoms with van der Waals surface area (Å²) in [5.74, 6) is 2.65. The molecule has 20 heavy (non-hydrogen) atoms. The smallest absolute Gasteiger partial charge is 0.220 e. The highest BCUT2D eigenvalue weighted by atomic mass is 35.5. The highest BCUT2D eigenvalue weighted by Crippen LogP contribution is 2.49. The first kappa shape index (κ1) is 13.9. The summed E-state index contributed by atoms with van der Waals surface area (Å²) in [6.45, 7) is 0.723. The molecule has 2 saturated carbocycles. The van der Waals surface area contributed by atoms with Crippen LogP contribution in [-0.2, 0) is 11.2 Å². The molecule has 2 bridgehead atoms. The fourth-order valence-electron chi connectivity index (χ4n) is 3.93. The summed E-state index contributed by atoms with van der Waals surface area (Å²) in [6.07, 6.45) is 7.03. The highest BCUT2D eigenvalue weighted by Gasteiger charge is 2.39.